The third kappa shape index (κ3) is 4.26. The first-order valence-corrected chi connectivity index (χ1v) is 5.48. The van der Waals surface area contributed by atoms with E-state index in [0.717, 1.165) is 0 Å². The molecule has 0 fully saturated rings. The van der Waals surface area contributed by atoms with E-state index in [1.165, 1.54) is 12.4 Å². The minimum Gasteiger partial charge on any atom is -0.480 e. The Morgan fingerprint density at radius 3 is 2.76 bits per heavy atom. The topological polar surface area (TPSA) is 75.6 Å². The summed E-state index contributed by atoms with van der Waals surface area (Å²) < 4.78 is 5.41. The number of hydrogen-bond donors (Lipinski definition) is 1. The molecule has 1 N–H and O–H groups in total. The lowest BCUT2D eigenvalue weighted by Crippen LogP contribution is -2.30. The van der Waals surface area contributed by atoms with Crippen LogP contribution in [0.3, 0.4) is 0 Å². The second-order valence-electron chi connectivity index (χ2n) is 3.79. The molecule has 0 aliphatic carbocycles. The second-order valence-corrected chi connectivity index (χ2v) is 3.79. The van der Waals surface area contributed by atoms with E-state index in [2.05, 4.69) is 9.97 Å². The molecule has 1 aromatic rings. The number of nitrogens with zero attached hydrogens (tertiary/aromatic N) is 3. The molecule has 0 aliphatic rings. The van der Waals surface area contributed by atoms with E-state index in [1.807, 2.05) is 20.8 Å². The highest BCUT2D eigenvalue weighted by Crippen LogP contribution is 2.14. The van der Waals surface area contributed by atoms with Gasteiger partial charge in [0.1, 0.15) is 6.54 Å². The van der Waals surface area contributed by atoms with Crippen LogP contribution in [0.5, 0.6) is 5.88 Å². The lowest BCUT2D eigenvalue weighted by atomic mass is 10.4. The molecule has 94 valence electrons. The maximum atomic E-state index is 10.7. The third-order valence-corrected chi connectivity index (χ3v) is 1.99. The van der Waals surface area contributed by atoms with Gasteiger partial charge in [-0.1, -0.05) is 0 Å². The molecule has 6 nitrogen and oxygen atoms in total. The van der Waals surface area contributed by atoms with Crippen LogP contribution in [0.15, 0.2) is 12.4 Å². The maximum absolute atomic E-state index is 10.7. The highest BCUT2D eigenvalue weighted by Gasteiger charge is 2.11. The summed E-state index contributed by atoms with van der Waals surface area (Å²) in [5.41, 5.74) is 0. The number of aromatic nitrogens is 2. The Morgan fingerprint density at radius 2 is 2.24 bits per heavy atom. The number of carboxylic acid groups (broad SMARTS) is 1. The fourth-order valence-electron chi connectivity index (χ4n) is 1.31. The van der Waals surface area contributed by atoms with Crippen LogP contribution in [-0.2, 0) is 4.79 Å². The molecular formula is C11H17N3O3. The van der Waals surface area contributed by atoms with E-state index in [9.17, 15) is 4.79 Å². The second kappa shape index (κ2) is 6.03. The lowest BCUT2D eigenvalue weighted by molar-refractivity contribution is -0.135. The quantitative estimate of drug-likeness (QED) is 0.803. The average molecular weight is 239 g/mol. The molecule has 6 heteroatoms. The minimum absolute atomic E-state index is 0.00843. The molecule has 0 radical (unpaired) electrons. The van der Waals surface area contributed by atoms with E-state index < -0.39 is 5.97 Å². The minimum atomic E-state index is -0.899. The number of carboxylic acids is 1. The zero-order valence-electron chi connectivity index (χ0n) is 10.3. The van der Waals surface area contributed by atoms with Crippen LogP contribution >= 0.6 is 0 Å². The monoisotopic (exact) mass is 239 g/mol. The Bertz CT molecular complexity index is 382. The van der Waals surface area contributed by atoms with Gasteiger partial charge < -0.3 is 14.7 Å². The summed E-state index contributed by atoms with van der Waals surface area (Å²) >= 11 is 0. The molecule has 0 atom stereocenters. The summed E-state index contributed by atoms with van der Waals surface area (Å²) in [6, 6.07) is 0. The van der Waals surface area contributed by atoms with Gasteiger partial charge in [-0.15, -0.1) is 0 Å². The van der Waals surface area contributed by atoms with Crippen molar-refractivity contribution < 1.29 is 14.6 Å². The van der Waals surface area contributed by atoms with E-state index in [1.54, 1.807) is 4.90 Å². The summed E-state index contributed by atoms with van der Waals surface area (Å²) in [6.07, 6.45) is 3.05. The van der Waals surface area contributed by atoms with Gasteiger partial charge in [0.25, 0.3) is 0 Å². The van der Waals surface area contributed by atoms with Crippen molar-refractivity contribution in [1.82, 2.24) is 9.97 Å². The van der Waals surface area contributed by atoms with Crippen molar-refractivity contribution in [2.45, 2.75) is 26.9 Å². The fourth-order valence-corrected chi connectivity index (χ4v) is 1.31. The van der Waals surface area contributed by atoms with Crippen LogP contribution in [0, 0.1) is 0 Å². The largest absolute Gasteiger partial charge is 0.480 e. The molecule has 0 spiro atoms. The smallest absolute Gasteiger partial charge is 0.323 e. The van der Waals surface area contributed by atoms with Crippen LogP contribution in [0.4, 0.5) is 5.82 Å². The molecule has 0 bridgehead atoms. The number of likely N-dealkylation sites (N-methyl/N-ethyl adjacent to an activating group) is 1. The first-order chi connectivity index (χ1) is 8.02. The van der Waals surface area contributed by atoms with Gasteiger partial charge in [0.15, 0.2) is 5.82 Å². The Hall–Kier alpha value is -1.85. The van der Waals surface area contributed by atoms with Gasteiger partial charge in [0, 0.05) is 6.54 Å². The van der Waals surface area contributed by atoms with Crippen LogP contribution in [0.1, 0.15) is 20.8 Å². The molecule has 1 heterocycles. The van der Waals surface area contributed by atoms with Crippen LogP contribution < -0.4 is 9.64 Å². The van der Waals surface area contributed by atoms with Crippen molar-refractivity contribution in [2.24, 2.45) is 0 Å². The molecule has 1 aromatic heterocycles. The van der Waals surface area contributed by atoms with E-state index in [4.69, 9.17) is 9.84 Å². The van der Waals surface area contributed by atoms with Gasteiger partial charge in [0.2, 0.25) is 5.88 Å². The molecule has 0 amide bonds. The number of ether oxygens (including phenoxy) is 1. The first-order valence-electron chi connectivity index (χ1n) is 5.48. The van der Waals surface area contributed by atoms with Crippen molar-refractivity contribution in [3.05, 3.63) is 12.4 Å². The predicted octanol–water partition coefficient (Wildman–Crippen LogP) is 1.17. The highest BCUT2D eigenvalue weighted by molar-refractivity contribution is 5.73. The molecule has 0 saturated heterocycles. The summed E-state index contributed by atoms with van der Waals surface area (Å²) in [4.78, 5) is 20.5. The summed E-state index contributed by atoms with van der Waals surface area (Å²) in [6.45, 7) is 6.09. The Labute approximate surface area is 100 Å². The molecule has 1 rings (SSSR count). The first kappa shape index (κ1) is 13.2. The fraction of sp³-hybridized carbons (Fsp3) is 0.545. The molecular weight excluding hydrogens is 222 g/mol. The number of hydrogen-bond acceptors (Lipinski definition) is 5. The molecule has 17 heavy (non-hydrogen) atoms. The van der Waals surface area contributed by atoms with Gasteiger partial charge in [0.05, 0.1) is 18.5 Å². The molecule has 0 unspecified atom stereocenters. The molecule has 0 aromatic carbocycles. The normalized spacial score (nSPS) is 10.4. The number of rotatable bonds is 6. The van der Waals surface area contributed by atoms with Crippen molar-refractivity contribution in [3.8, 4) is 5.88 Å². The van der Waals surface area contributed by atoms with E-state index >= 15 is 0 Å². The van der Waals surface area contributed by atoms with Crippen LogP contribution in [0.2, 0.25) is 0 Å². The van der Waals surface area contributed by atoms with Crippen molar-refractivity contribution >= 4 is 11.8 Å². The van der Waals surface area contributed by atoms with Gasteiger partial charge in [-0.25, -0.2) is 0 Å². The SMILES string of the molecule is CCN(CC(=O)O)c1cncc(OC(C)C)n1. The average Bonchev–Trinajstić information content (AvgIpc) is 2.25. The Kier molecular flexibility index (Phi) is 4.68. The number of aliphatic carboxylic acids is 1. The summed E-state index contributed by atoms with van der Waals surface area (Å²) in [7, 11) is 0. The van der Waals surface area contributed by atoms with E-state index in [-0.39, 0.29) is 12.6 Å². The zero-order valence-corrected chi connectivity index (χ0v) is 10.3. The van der Waals surface area contributed by atoms with Gasteiger partial charge >= 0.3 is 5.97 Å². The van der Waals surface area contributed by atoms with Crippen LogP contribution in [0.25, 0.3) is 0 Å². The molecule has 0 saturated carbocycles. The number of anilines is 1. The summed E-state index contributed by atoms with van der Waals surface area (Å²) in [5, 5.41) is 8.77. The van der Waals surface area contributed by atoms with Crippen molar-refractivity contribution in [3.63, 3.8) is 0 Å². The van der Waals surface area contributed by atoms with Gasteiger partial charge in [-0.3, -0.25) is 9.78 Å². The van der Waals surface area contributed by atoms with E-state index in [0.29, 0.717) is 18.2 Å². The molecule has 0 aliphatic heterocycles. The van der Waals surface area contributed by atoms with Gasteiger partial charge in [-0.2, -0.15) is 4.98 Å². The highest BCUT2D eigenvalue weighted by atomic mass is 16.5. The maximum Gasteiger partial charge on any atom is 0.323 e. The zero-order chi connectivity index (χ0) is 12.8. The van der Waals surface area contributed by atoms with Gasteiger partial charge in [-0.05, 0) is 20.8 Å². The van der Waals surface area contributed by atoms with Crippen LogP contribution in [-0.4, -0.2) is 40.2 Å². The lowest BCUT2D eigenvalue weighted by Gasteiger charge is -2.19. The van der Waals surface area contributed by atoms with Crippen molar-refractivity contribution in [2.75, 3.05) is 18.0 Å². The summed E-state index contributed by atoms with van der Waals surface area (Å²) in [5.74, 6) is 0.0122. The predicted molar refractivity (Wildman–Crippen MR) is 63.3 cm³/mol. The number of carbonyl (C=O) groups is 1. The third-order valence-electron chi connectivity index (χ3n) is 1.99. The standard InChI is InChI=1S/C11H17N3O3/c1-4-14(7-11(15)16)9-5-12-6-10(13-9)17-8(2)3/h5-6,8H,4,7H2,1-3H3,(H,15,16). The Balaban J connectivity index is 2.84. The van der Waals surface area contributed by atoms with Crippen molar-refractivity contribution in [1.29, 1.82) is 0 Å². The Morgan fingerprint density at radius 1 is 1.53 bits per heavy atom.